The smallest absolute Gasteiger partial charge is 0.0111 e. The molecule has 94 valence electrons. The SMILES string of the molecule is CN(C)CCCNC1CC2CCC(C1)N2C. The second kappa shape index (κ2) is 5.48. The fourth-order valence-corrected chi connectivity index (χ4v) is 3.28. The molecular weight excluding hydrogens is 198 g/mol. The summed E-state index contributed by atoms with van der Waals surface area (Å²) >= 11 is 0. The van der Waals surface area contributed by atoms with Gasteiger partial charge in [0, 0.05) is 18.1 Å². The van der Waals surface area contributed by atoms with Crippen LogP contribution in [0, 0.1) is 0 Å². The highest BCUT2D eigenvalue weighted by Gasteiger charge is 2.37. The van der Waals surface area contributed by atoms with Gasteiger partial charge in [-0.1, -0.05) is 0 Å². The fraction of sp³-hybridized carbons (Fsp3) is 1.00. The van der Waals surface area contributed by atoms with Crippen molar-refractivity contribution in [2.24, 2.45) is 0 Å². The van der Waals surface area contributed by atoms with E-state index in [2.05, 4.69) is 36.3 Å². The van der Waals surface area contributed by atoms with Crippen molar-refractivity contribution in [3.05, 3.63) is 0 Å². The van der Waals surface area contributed by atoms with Crippen LogP contribution in [0.15, 0.2) is 0 Å². The normalized spacial score (nSPS) is 34.9. The van der Waals surface area contributed by atoms with Gasteiger partial charge in [0.1, 0.15) is 0 Å². The molecule has 2 aliphatic rings. The van der Waals surface area contributed by atoms with E-state index in [4.69, 9.17) is 0 Å². The molecule has 0 amide bonds. The van der Waals surface area contributed by atoms with Gasteiger partial charge < -0.3 is 15.1 Å². The lowest BCUT2D eigenvalue weighted by atomic mass is 9.98. The summed E-state index contributed by atoms with van der Waals surface area (Å²) in [6.07, 6.45) is 6.87. The average molecular weight is 225 g/mol. The van der Waals surface area contributed by atoms with Crippen LogP contribution in [0.1, 0.15) is 32.1 Å². The Balaban J connectivity index is 1.65. The van der Waals surface area contributed by atoms with Crippen LogP contribution in [-0.4, -0.2) is 62.2 Å². The molecule has 0 aromatic heterocycles. The standard InChI is InChI=1S/C13H27N3/c1-15(2)8-4-7-14-11-9-12-5-6-13(10-11)16(12)3/h11-14H,4-10H2,1-3H3. The Kier molecular flexibility index (Phi) is 4.22. The van der Waals surface area contributed by atoms with Crippen LogP contribution in [-0.2, 0) is 0 Å². The molecule has 0 aliphatic carbocycles. The maximum absolute atomic E-state index is 3.74. The van der Waals surface area contributed by atoms with Gasteiger partial charge in [0.05, 0.1) is 0 Å². The summed E-state index contributed by atoms with van der Waals surface area (Å²) in [6, 6.07) is 2.52. The highest BCUT2D eigenvalue weighted by atomic mass is 15.2. The lowest BCUT2D eigenvalue weighted by Gasteiger charge is -2.36. The Bertz CT molecular complexity index is 203. The van der Waals surface area contributed by atoms with Crippen LogP contribution in [0.4, 0.5) is 0 Å². The van der Waals surface area contributed by atoms with E-state index < -0.39 is 0 Å². The first-order valence-electron chi connectivity index (χ1n) is 6.77. The maximum Gasteiger partial charge on any atom is 0.0111 e. The van der Waals surface area contributed by atoms with Crippen molar-refractivity contribution in [3.63, 3.8) is 0 Å². The van der Waals surface area contributed by atoms with E-state index in [1.165, 1.54) is 45.2 Å². The van der Waals surface area contributed by atoms with Crippen molar-refractivity contribution >= 4 is 0 Å². The third-order valence-corrected chi connectivity index (χ3v) is 4.31. The number of hydrogen-bond donors (Lipinski definition) is 1. The third kappa shape index (κ3) is 2.96. The summed E-state index contributed by atoms with van der Waals surface area (Å²) in [5.41, 5.74) is 0. The zero-order valence-corrected chi connectivity index (χ0v) is 11.1. The zero-order valence-electron chi connectivity index (χ0n) is 11.1. The van der Waals surface area contributed by atoms with E-state index in [1.54, 1.807) is 0 Å². The van der Waals surface area contributed by atoms with Crippen molar-refractivity contribution in [2.45, 2.75) is 50.2 Å². The fourth-order valence-electron chi connectivity index (χ4n) is 3.28. The average Bonchev–Trinajstić information content (AvgIpc) is 2.50. The predicted molar refractivity (Wildman–Crippen MR) is 68.8 cm³/mol. The van der Waals surface area contributed by atoms with Gasteiger partial charge in [0.25, 0.3) is 0 Å². The van der Waals surface area contributed by atoms with E-state index in [1.807, 2.05) is 0 Å². The van der Waals surface area contributed by atoms with E-state index in [-0.39, 0.29) is 0 Å². The number of piperidine rings is 1. The second-order valence-electron chi connectivity index (χ2n) is 5.83. The monoisotopic (exact) mass is 225 g/mol. The lowest BCUT2D eigenvalue weighted by molar-refractivity contribution is 0.148. The van der Waals surface area contributed by atoms with Crippen LogP contribution >= 0.6 is 0 Å². The summed E-state index contributed by atoms with van der Waals surface area (Å²) in [7, 11) is 6.61. The quantitative estimate of drug-likeness (QED) is 0.708. The van der Waals surface area contributed by atoms with Gasteiger partial charge in [-0.15, -0.1) is 0 Å². The summed E-state index contributed by atoms with van der Waals surface area (Å²) < 4.78 is 0. The van der Waals surface area contributed by atoms with Crippen LogP contribution in [0.25, 0.3) is 0 Å². The van der Waals surface area contributed by atoms with E-state index in [9.17, 15) is 0 Å². The van der Waals surface area contributed by atoms with E-state index in [0.717, 1.165) is 18.1 Å². The van der Waals surface area contributed by atoms with Crippen LogP contribution in [0.5, 0.6) is 0 Å². The van der Waals surface area contributed by atoms with Crippen LogP contribution in [0.2, 0.25) is 0 Å². The number of nitrogens with one attached hydrogen (secondary N) is 1. The first kappa shape index (κ1) is 12.3. The molecule has 0 aromatic carbocycles. The molecule has 1 N–H and O–H groups in total. The highest BCUT2D eigenvalue weighted by molar-refractivity contribution is 4.95. The van der Waals surface area contributed by atoms with Gasteiger partial charge in [0.15, 0.2) is 0 Å². The van der Waals surface area contributed by atoms with Gasteiger partial charge in [-0.2, -0.15) is 0 Å². The van der Waals surface area contributed by atoms with Crippen molar-refractivity contribution in [3.8, 4) is 0 Å². The summed E-state index contributed by atoms with van der Waals surface area (Å²) in [4.78, 5) is 4.87. The summed E-state index contributed by atoms with van der Waals surface area (Å²) in [5, 5.41) is 3.74. The Morgan fingerprint density at radius 1 is 1.19 bits per heavy atom. The third-order valence-electron chi connectivity index (χ3n) is 4.31. The van der Waals surface area contributed by atoms with E-state index >= 15 is 0 Å². The van der Waals surface area contributed by atoms with Crippen molar-refractivity contribution in [1.82, 2.24) is 15.1 Å². The van der Waals surface area contributed by atoms with Gasteiger partial charge in [-0.3, -0.25) is 0 Å². The molecule has 2 heterocycles. The van der Waals surface area contributed by atoms with Gasteiger partial charge in [-0.25, -0.2) is 0 Å². The maximum atomic E-state index is 3.74. The van der Waals surface area contributed by atoms with Crippen molar-refractivity contribution in [1.29, 1.82) is 0 Å². The lowest BCUT2D eigenvalue weighted by Crippen LogP contribution is -2.47. The molecule has 3 heteroatoms. The summed E-state index contributed by atoms with van der Waals surface area (Å²) in [6.45, 7) is 2.39. The van der Waals surface area contributed by atoms with Crippen molar-refractivity contribution in [2.75, 3.05) is 34.2 Å². The molecule has 2 saturated heterocycles. The number of fused-ring (bicyclic) bond motifs is 2. The topological polar surface area (TPSA) is 18.5 Å². The van der Waals surface area contributed by atoms with Crippen LogP contribution < -0.4 is 5.32 Å². The largest absolute Gasteiger partial charge is 0.314 e. The molecule has 16 heavy (non-hydrogen) atoms. The number of rotatable bonds is 5. The molecule has 0 saturated carbocycles. The molecule has 0 radical (unpaired) electrons. The Hall–Kier alpha value is -0.120. The Morgan fingerprint density at radius 3 is 2.38 bits per heavy atom. The molecule has 2 aliphatic heterocycles. The molecule has 2 fully saturated rings. The molecule has 3 nitrogen and oxygen atoms in total. The molecular formula is C13H27N3. The number of nitrogens with zero attached hydrogens (tertiary/aromatic N) is 2. The minimum Gasteiger partial charge on any atom is -0.314 e. The minimum atomic E-state index is 0.788. The predicted octanol–water partition coefficient (Wildman–Crippen LogP) is 1.15. The molecule has 0 spiro atoms. The molecule has 2 unspecified atom stereocenters. The minimum absolute atomic E-state index is 0.788. The van der Waals surface area contributed by atoms with E-state index in [0.29, 0.717) is 0 Å². The Labute approximate surface area is 100 Å². The molecule has 2 bridgehead atoms. The number of hydrogen-bond acceptors (Lipinski definition) is 3. The molecule has 0 aromatic rings. The molecule has 2 rings (SSSR count). The second-order valence-corrected chi connectivity index (χ2v) is 5.83. The van der Waals surface area contributed by atoms with Crippen LogP contribution in [0.3, 0.4) is 0 Å². The van der Waals surface area contributed by atoms with Gasteiger partial charge >= 0.3 is 0 Å². The first-order chi connectivity index (χ1) is 7.66. The molecule has 2 atom stereocenters. The van der Waals surface area contributed by atoms with Gasteiger partial charge in [0.2, 0.25) is 0 Å². The zero-order chi connectivity index (χ0) is 11.5. The van der Waals surface area contributed by atoms with Gasteiger partial charge in [-0.05, 0) is 66.3 Å². The summed E-state index contributed by atoms with van der Waals surface area (Å²) in [5.74, 6) is 0. The Morgan fingerprint density at radius 2 is 1.81 bits per heavy atom. The highest BCUT2D eigenvalue weighted by Crippen LogP contribution is 2.33. The van der Waals surface area contributed by atoms with Crippen molar-refractivity contribution < 1.29 is 0 Å². The first-order valence-corrected chi connectivity index (χ1v) is 6.77.